The first-order chi connectivity index (χ1) is 13.9. The zero-order chi connectivity index (χ0) is 22.2. The van der Waals surface area contributed by atoms with Crippen LogP contribution in [-0.4, -0.2) is 67.2 Å². The van der Waals surface area contributed by atoms with Crippen LogP contribution in [0.5, 0.6) is 0 Å². The molecule has 2 aliphatic rings. The summed E-state index contributed by atoms with van der Waals surface area (Å²) in [6, 6.07) is 9.90. The van der Waals surface area contributed by atoms with E-state index in [4.69, 9.17) is 9.88 Å². The maximum absolute atomic E-state index is 12.5. The van der Waals surface area contributed by atoms with Crippen molar-refractivity contribution >= 4 is 22.0 Å². The van der Waals surface area contributed by atoms with E-state index >= 15 is 0 Å². The number of piperidine rings is 1. The van der Waals surface area contributed by atoms with E-state index in [2.05, 4.69) is 0 Å². The third-order valence-corrected chi connectivity index (χ3v) is 7.14. The molecule has 0 saturated carbocycles. The number of carbonyl (C=O) groups excluding carboxylic acids is 2. The third kappa shape index (κ3) is 5.13. The normalized spacial score (nSPS) is 22.3. The van der Waals surface area contributed by atoms with Gasteiger partial charge in [-0.3, -0.25) is 4.79 Å². The molecule has 1 aromatic rings. The summed E-state index contributed by atoms with van der Waals surface area (Å²) in [6.45, 7) is 7.04. The molecule has 0 radical (unpaired) electrons. The van der Waals surface area contributed by atoms with Gasteiger partial charge in [-0.25, -0.2) is 18.4 Å². The van der Waals surface area contributed by atoms with Crippen molar-refractivity contribution in [1.29, 1.82) is 0 Å². The van der Waals surface area contributed by atoms with Gasteiger partial charge in [0.25, 0.3) is 0 Å². The number of hydrogen-bond acceptors (Lipinski definition) is 5. The number of nitrogens with two attached hydrogens (primary N) is 1. The van der Waals surface area contributed by atoms with Gasteiger partial charge in [0.2, 0.25) is 15.9 Å². The van der Waals surface area contributed by atoms with Gasteiger partial charge in [-0.05, 0) is 39.2 Å². The van der Waals surface area contributed by atoms with E-state index in [1.165, 1.54) is 0 Å². The molecule has 0 bridgehead atoms. The van der Waals surface area contributed by atoms with Gasteiger partial charge in [0.15, 0.2) is 0 Å². The minimum absolute atomic E-state index is 0.0757. The van der Waals surface area contributed by atoms with E-state index in [1.807, 2.05) is 51.1 Å². The van der Waals surface area contributed by atoms with E-state index < -0.39 is 20.9 Å². The molecule has 0 aliphatic carbocycles. The fourth-order valence-electron chi connectivity index (χ4n) is 4.25. The Morgan fingerprint density at radius 3 is 2.30 bits per heavy atom. The lowest BCUT2D eigenvalue weighted by Crippen LogP contribution is -2.51. The zero-order valence-corrected chi connectivity index (χ0v) is 18.7. The molecule has 2 aliphatic heterocycles. The minimum atomic E-state index is -3.76. The van der Waals surface area contributed by atoms with E-state index in [0.717, 1.165) is 5.56 Å². The number of primary sulfonamides is 1. The van der Waals surface area contributed by atoms with Crippen molar-refractivity contribution in [1.82, 2.24) is 9.80 Å². The summed E-state index contributed by atoms with van der Waals surface area (Å²) in [5.41, 5.74) is 0.166. The lowest BCUT2D eigenvalue weighted by Gasteiger charge is -2.44. The Kier molecular flexibility index (Phi) is 6.15. The summed E-state index contributed by atoms with van der Waals surface area (Å²) in [6.07, 6.45) is 0.893. The Morgan fingerprint density at radius 2 is 1.80 bits per heavy atom. The summed E-state index contributed by atoms with van der Waals surface area (Å²) in [4.78, 5) is 28.3. The predicted octanol–water partition coefficient (Wildman–Crippen LogP) is 1.84. The first-order valence-corrected chi connectivity index (χ1v) is 11.8. The highest BCUT2D eigenvalue weighted by Crippen LogP contribution is 2.38. The number of rotatable bonds is 4. The fourth-order valence-corrected chi connectivity index (χ4v) is 5.01. The van der Waals surface area contributed by atoms with Crippen LogP contribution in [0.2, 0.25) is 0 Å². The monoisotopic (exact) mass is 437 g/mol. The van der Waals surface area contributed by atoms with Gasteiger partial charge in [-0.1, -0.05) is 30.3 Å². The SMILES string of the molecule is CC(C)(C)OC(=O)N1CCC(CN2CC(S(N)(=O)=O)CC2=O)(c2ccccc2)CC1. The topological polar surface area (TPSA) is 110 Å². The number of amides is 2. The lowest BCUT2D eigenvalue weighted by molar-refractivity contribution is -0.128. The Labute approximate surface area is 178 Å². The Bertz CT molecular complexity index is 887. The molecular weight excluding hydrogens is 406 g/mol. The highest BCUT2D eigenvalue weighted by molar-refractivity contribution is 7.89. The molecule has 1 atom stereocenters. The van der Waals surface area contributed by atoms with E-state index in [0.29, 0.717) is 32.5 Å². The highest BCUT2D eigenvalue weighted by Gasteiger charge is 2.44. The number of hydrogen-bond donors (Lipinski definition) is 1. The average molecular weight is 438 g/mol. The van der Waals surface area contributed by atoms with Crippen LogP contribution in [0.25, 0.3) is 0 Å². The van der Waals surface area contributed by atoms with E-state index in [1.54, 1.807) is 9.80 Å². The molecule has 2 saturated heterocycles. The first kappa shape index (κ1) is 22.6. The van der Waals surface area contributed by atoms with Gasteiger partial charge in [0, 0.05) is 38.0 Å². The van der Waals surface area contributed by atoms with Crippen molar-refractivity contribution in [2.45, 2.75) is 56.3 Å². The fraction of sp³-hybridized carbons (Fsp3) is 0.619. The molecule has 0 aromatic heterocycles. The van der Waals surface area contributed by atoms with Gasteiger partial charge in [-0.15, -0.1) is 0 Å². The van der Waals surface area contributed by atoms with Gasteiger partial charge < -0.3 is 14.5 Å². The summed E-state index contributed by atoms with van der Waals surface area (Å²) >= 11 is 0. The smallest absolute Gasteiger partial charge is 0.410 e. The van der Waals surface area contributed by atoms with Crippen molar-refractivity contribution in [2.75, 3.05) is 26.2 Å². The Morgan fingerprint density at radius 1 is 1.20 bits per heavy atom. The second kappa shape index (κ2) is 8.19. The van der Waals surface area contributed by atoms with Gasteiger partial charge in [-0.2, -0.15) is 0 Å². The summed E-state index contributed by atoms with van der Waals surface area (Å²) in [7, 11) is -3.76. The van der Waals surface area contributed by atoms with Crippen LogP contribution < -0.4 is 5.14 Å². The molecule has 0 spiro atoms. The van der Waals surface area contributed by atoms with Crippen LogP contribution in [-0.2, 0) is 25.0 Å². The largest absolute Gasteiger partial charge is 0.444 e. The van der Waals surface area contributed by atoms with Gasteiger partial charge in [0.1, 0.15) is 10.9 Å². The molecule has 1 unspecified atom stereocenters. The van der Waals surface area contributed by atoms with Crippen molar-refractivity contribution in [3.05, 3.63) is 35.9 Å². The predicted molar refractivity (Wildman–Crippen MR) is 113 cm³/mol. The molecule has 9 heteroatoms. The molecule has 2 amide bonds. The number of benzene rings is 1. The van der Waals surface area contributed by atoms with Crippen molar-refractivity contribution < 1.29 is 22.7 Å². The lowest BCUT2D eigenvalue weighted by atomic mass is 9.72. The molecule has 30 heavy (non-hydrogen) atoms. The minimum Gasteiger partial charge on any atom is -0.444 e. The molecule has 166 valence electrons. The first-order valence-electron chi connectivity index (χ1n) is 10.2. The maximum Gasteiger partial charge on any atom is 0.410 e. The van der Waals surface area contributed by atoms with Crippen LogP contribution in [0.4, 0.5) is 4.79 Å². The molecule has 2 fully saturated rings. The standard InChI is InChI=1S/C21H31N3O5S/c1-20(2,3)29-19(26)23-11-9-21(10-12-23,16-7-5-4-6-8-16)15-24-14-17(13-18(24)25)30(22,27)28/h4-8,17H,9-15H2,1-3H3,(H2,22,27,28). The zero-order valence-electron chi connectivity index (χ0n) is 17.8. The second-order valence-electron chi connectivity index (χ2n) is 9.30. The number of ether oxygens (including phenoxy) is 1. The number of sulfonamides is 1. The second-order valence-corrected chi connectivity index (χ2v) is 11.1. The van der Waals surface area contributed by atoms with Crippen LogP contribution in [0, 0.1) is 0 Å². The van der Waals surface area contributed by atoms with Crippen LogP contribution in [0.1, 0.15) is 45.6 Å². The quantitative estimate of drug-likeness (QED) is 0.773. The summed E-state index contributed by atoms with van der Waals surface area (Å²) in [5, 5.41) is 4.42. The summed E-state index contributed by atoms with van der Waals surface area (Å²) < 4.78 is 29.0. The van der Waals surface area contributed by atoms with Crippen LogP contribution in [0.15, 0.2) is 30.3 Å². The molecule has 8 nitrogen and oxygen atoms in total. The van der Waals surface area contributed by atoms with Gasteiger partial charge in [0.05, 0.1) is 0 Å². The highest BCUT2D eigenvalue weighted by atomic mass is 32.2. The molecule has 2 N–H and O–H groups in total. The van der Waals surface area contributed by atoms with Crippen LogP contribution in [0.3, 0.4) is 0 Å². The number of nitrogens with zero attached hydrogens (tertiary/aromatic N) is 2. The number of carbonyl (C=O) groups is 2. The Hall–Kier alpha value is -2.13. The third-order valence-electron chi connectivity index (χ3n) is 5.90. The van der Waals surface area contributed by atoms with Gasteiger partial charge >= 0.3 is 6.09 Å². The number of likely N-dealkylation sites (tertiary alicyclic amines) is 2. The maximum atomic E-state index is 12.5. The van der Waals surface area contributed by atoms with E-state index in [-0.39, 0.29) is 30.4 Å². The molecule has 2 heterocycles. The average Bonchev–Trinajstić information content (AvgIpc) is 3.02. The van der Waals surface area contributed by atoms with Crippen LogP contribution >= 0.6 is 0 Å². The van der Waals surface area contributed by atoms with Crippen molar-refractivity contribution in [3.8, 4) is 0 Å². The summed E-state index contributed by atoms with van der Waals surface area (Å²) in [5.74, 6) is -0.195. The molecular formula is C21H31N3O5S. The molecule has 3 rings (SSSR count). The molecule has 1 aromatic carbocycles. The van der Waals surface area contributed by atoms with Crippen molar-refractivity contribution in [2.24, 2.45) is 5.14 Å². The Balaban J connectivity index is 1.78. The van der Waals surface area contributed by atoms with E-state index in [9.17, 15) is 18.0 Å². The van der Waals surface area contributed by atoms with Crippen molar-refractivity contribution in [3.63, 3.8) is 0 Å².